The zero-order valence-corrected chi connectivity index (χ0v) is 16.3. The van der Waals surface area contributed by atoms with Crippen molar-refractivity contribution in [3.8, 4) is 0 Å². The summed E-state index contributed by atoms with van der Waals surface area (Å²) in [6, 6.07) is -2.03. The summed E-state index contributed by atoms with van der Waals surface area (Å²) in [6.45, 7) is 5.83. The average molecular weight is 385 g/mol. The van der Waals surface area contributed by atoms with E-state index in [-0.39, 0.29) is 29.6 Å². The van der Waals surface area contributed by atoms with Crippen LogP contribution in [0, 0.1) is 11.8 Å². The molecular formula is C17H28N4O4S. The van der Waals surface area contributed by atoms with Crippen molar-refractivity contribution < 1.29 is 19.2 Å². The summed E-state index contributed by atoms with van der Waals surface area (Å²) in [5.74, 6) is -0.311. The fraction of sp³-hybridized carbons (Fsp3) is 0.765. The molecule has 4 atom stereocenters. The number of nitrogens with one attached hydrogen (secondary N) is 2. The molecule has 26 heavy (non-hydrogen) atoms. The molecule has 0 bridgehead atoms. The summed E-state index contributed by atoms with van der Waals surface area (Å²) in [5.41, 5.74) is 5.40. The second kappa shape index (κ2) is 8.75. The highest BCUT2D eigenvalue weighted by Crippen LogP contribution is 2.23. The van der Waals surface area contributed by atoms with Crippen LogP contribution in [-0.4, -0.2) is 58.3 Å². The van der Waals surface area contributed by atoms with Crippen LogP contribution in [-0.2, 0) is 19.2 Å². The molecule has 2 aliphatic rings. The normalized spacial score (nSPS) is 27.2. The Labute approximate surface area is 158 Å². The van der Waals surface area contributed by atoms with E-state index in [1.807, 2.05) is 20.8 Å². The van der Waals surface area contributed by atoms with Crippen molar-refractivity contribution in [3.05, 3.63) is 0 Å². The molecule has 4 N–H and O–H groups in total. The van der Waals surface area contributed by atoms with Gasteiger partial charge in [-0.25, -0.2) is 0 Å². The number of hydrogen-bond acceptors (Lipinski definition) is 5. The monoisotopic (exact) mass is 384 g/mol. The molecule has 2 fully saturated rings. The molecule has 0 saturated carbocycles. The van der Waals surface area contributed by atoms with Crippen LogP contribution in [0.2, 0.25) is 0 Å². The molecule has 4 amide bonds. The predicted octanol–water partition coefficient (Wildman–Crippen LogP) is -0.181. The van der Waals surface area contributed by atoms with Gasteiger partial charge in [0.2, 0.25) is 23.6 Å². The summed E-state index contributed by atoms with van der Waals surface area (Å²) < 4.78 is 0. The van der Waals surface area contributed by atoms with E-state index in [4.69, 9.17) is 5.73 Å². The Balaban J connectivity index is 2.11. The zero-order valence-electron chi connectivity index (χ0n) is 15.5. The summed E-state index contributed by atoms with van der Waals surface area (Å²) in [5, 5.41) is 5.50. The number of hydrogen-bond donors (Lipinski definition) is 3. The number of primary amides is 1. The molecule has 2 aliphatic heterocycles. The van der Waals surface area contributed by atoms with Gasteiger partial charge in [-0.15, -0.1) is 11.8 Å². The Morgan fingerprint density at radius 3 is 2.69 bits per heavy atom. The van der Waals surface area contributed by atoms with Crippen molar-refractivity contribution in [1.29, 1.82) is 0 Å². The van der Waals surface area contributed by atoms with Crippen molar-refractivity contribution in [1.82, 2.24) is 15.5 Å². The summed E-state index contributed by atoms with van der Waals surface area (Å²) in [7, 11) is 0. The van der Waals surface area contributed by atoms with Gasteiger partial charge in [0, 0.05) is 12.2 Å². The van der Waals surface area contributed by atoms with E-state index in [0.29, 0.717) is 30.9 Å². The highest BCUT2D eigenvalue weighted by Gasteiger charge is 2.39. The molecule has 9 heteroatoms. The predicted molar refractivity (Wildman–Crippen MR) is 98.9 cm³/mol. The van der Waals surface area contributed by atoms with Crippen LogP contribution < -0.4 is 16.4 Å². The van der Waals surface area contributed by atoms with Crippen LogP contribution in [0.5, 0.6) is 0 Å². The molecule has 0 aliphatic carbocycles. The minimum atomic E-state index is -0.742. The van der Waals surface area contributed by atoms with E-state index in [2.05, 4.69) is 10.6 Å². The molecule has 8 nitrogen and oxygen atoms in total. The van der Waals surface area contributed by atoms with Crippen LogP contribution in [0.1, 0.15) is 40.0 Å². The lowest BCUT2D eigenvalue weighted by atomic mass is 9.91. The van der Waals surface area contributed by atoms with Crippen LogP contribution in [0.15, 0.2) is 0 Å². The Kier molecular flexibility index (Phi) is 6.91. The number of carbonyl (C=O) groups is 4. The number of nitrogens with zero attached hydrogens (tertiary/aromatic N) is 1. The van der Waals surface area contributed by atoms with Crippen LogP contribution in [0.3, 0.4) is 0 Å². The van der Waals surface area contributed by atoms with Crippen LogP contribution in [0.25, 0.3) is 0 Å². The van der Waals surface area contributed by atoms with Crippen molar-refractivity contribution in [3.63, 3.8) is 0 Å². The Hall–Kier alpha value is -1.77. The molecule has 0 aromatic heterocycles. The lowest BCUT2D eigenvalue weighted by molar-refractivity contribution is -0.141. The second-order valence-corrected chi connectivity index (χ2v) is 8.48. The minimum absolute atomic E-state index is 0.00297. The third kappa shape index (κ3) is 4.90. The third-order valence-electron chi connectivity index (χ3n) is 4.81. The zero-order chi connectivity index (χ0) is 19.4. The maximum Gasteiger partial charge on any atom is 0.246 e. The highest BCUT2D eigenvalue weighted by atomic mass is 32.2. The number of rotatable bonds is 6. The van der Waals surface area contributed by atoms with Gasteiger partial charge in [-0.1, -0.05) is 20.8 Å². The molecule has 0 spiro atoms. The van der Waals surface area contributed by atoms with Gasteiger partial charge in [0.1, 0.15) is 18.1 Å². The first-order valence-electron chi connectivity index (χ1n) is 8.98. The molecule has 2 rings (SSSR count). The Morgan fingerprint density at radius 2 is 2.08 bits per heavy atom. The minimum Gasteiger partial charge on any atom is -0.368 e. The standard InChI is InChI=1S/C17H28N4O4S/c1-9(2)6-11(17(25)21-8-26-7-12(21)15(18)23)19-16(24)14-10(3)4-5-13(22)20-14/h9-12,14H,4-8H2,1-3H3,(H2,18,23)(H,19,24)(H,20,22)/t10?,11-,12?,14?/m1/s1. The summed E-state index contributed by atoms with van der Waals surface area (Å²) >= 11 is 1.47. The first kappa shape index (κ1) is 20.5. The molecule has 146 valence electrons. The third-order valence-corrected chi connectivity index (χ3v) is 5.82. The van der Waals surface area contributed by atoms with Gasteiger partial charge in [0.05, 0.1) is 5.88 Å². The van der Waals surface area contributed by atoms with Gasteiger partial charge in [0.25, 0.3) is 0 Å². The summed E-state index contributed by atoms with van der Waals surface area (Å²) in [6.07, 6.45) is 1.50. The quantitative estimate of drug-likeness (QED) is 0.586. The Morgan fingerprint density at radius 1 is 1.38 bits per heavy atom. The molecule has 0 radical (unpaired) electrons. The second-order valence-electron chi connectivity index (χ2n) is 7.48. The van der Waals surface area contributed by atoms with Crippen molar-refractivity contribution in [2.24, 2.45) is 17.6 Å². The van der Waals surface area contributed by atoms with E-state index in [1.54, 1.807) is 0 Å². The number of thioether (sulfide) groups is 1. The molecule has 3 unspecified atom stereocenters. The fourth-order valence-electron chi connectivity index (χ4n) is 3.29. The molecule has 2 heterocycles. The molecular weight excluding hydrogens is 356 g/mol. The van der Waals surface area contributed by atoms with Crippen molar-refractivity contribution in [2.45, 2.75) is 58.2 Å². The lowest BCUT2D eigenvalue weighted by Gasteiger charge is -2.32. The van der Waals surface area contributed by atoms with Gasteiger partial charge in [-0.3, -0.25) is 19.2 Å². The average Bonchev–Trinajstić information content (AvgIpc) is 3.05. The number of piperidine rings is 1. The smallest absolute Gasteiger partial charge is 0.246 e. The van der Waals surface area contributed by atoms with E-state index in [0.717, 1.165) is 0 Å². The topological polar surface area (TPSA) is 122 Å². The van der Waals surface area contributed by atoms with E-state index in [1.165, 1.54) is 16.7 Å². The van der Waals surface area contributed by atoms with Crippen molar-refractivity contribution >= 4 is 35.4 Å². The van der Waals surface area contributed by atoms with Crippen molar-refractivity contribution in [2.75, 3.05) is 11.6 Å². The number of amides is 4. The number of nitrogens with two attached hydrogens (primary N) is 1. The van der Waals surface area contributed by atoms with Gasteiger partial charge < -0.3 is 21.3 Å². The van der Waals surface area contributed by atoms with Gasteiger partial charge >= 0.3 is 0 Å². The maximum absolute atomic E-state index is 13.0. The first-order valence-corrected chi connectivity index (χ1v) is 10.1. The highest BCUT2D eigenvalue weighted by molar-refractivity contribution is 7.99. The van der Waals surface area contributed by atoms with Gasteiger partial charge in [-0.05, 0) is 24.7 Å². The lowest BCUT2D eigenvalue weighted by Crippen LogP contribution is -2.59. The van der Waals surface area contributed by atoms with Crippen LogP contribution in [0.4, 0.5) is 0 Å². The summed E-state index contributed by atoms with van der Waals surface area (Å²) in [4.78, 5) is 50.3. The SMILES string of the molecule is CC(C)C[C@@H](NC(=O)C1NC(=O)CCC1C)C(=O)N1CSCC1C(N)=O. The largest absolute Gasteiger partial charge is 0.368 e. The van der Waals surface area contributed by atoms with Gasteiger partial charge in [-0.2, -0.15) is 0 Å². The molecule has 0 aromatic carbocycles. The van der Waals surface area contributed by atoms with E-state index < -0.39 is 24.0 Å². The number of carbonyl (C=O) groups excluding carboxylic acids is 4. The van der Waals surface area contributed by atoms with E-state index in [9.17, 15) is 19.2 Å². The fourth-order valence-corrected chi connectivity index (χ4v) is 4.46. The maximum atomic E-state index is 13.0. The molecule has 0 aromatic rings. The van der Waals surface area contributed by atoms with Crippen LogP contribution >= 0.6 is 11.8 Å². The Bertz CT molecular complexity index is 583. The van der Waals surface area contributed by atoms with E-state index >= 15 is 0 Å². The van der Waals surface area contributed by atoms with Gasteiger partial charge in [0.15, 0.2) is 0 Å². The molecule has 2 saturated heterocycles. The first-order chi connectivity index (χ1) is 12.2.